The number of aromatic amines is 1. The van der Waals surface area contributed by atoms with Crippen LogP contribution in [0.4, 0.5) is 0 Å². The van der Waals surface area contributed by atoms with Crippen LogP contribution >= 0.6 is 23.2 Å². The monoisotopic (exact) mass is 255 g/mol. The first kappa shape index (κ1) is 11.1. The number of aromatic nitrogens is 3. The number of hydrogen-bond acceptors (Lipinski definition) is 3. The largest absolute Gasteiger partial charge is 0.292 e. The van der Waals surface area contributed by atoms with Gasteiger partial charge in [-0.15, -0.1) is 5.10 Å². The summed E-state index contributed by atoms with van der Waals surface area (Å²) in [6.07, 6.45) is 1.68. The van der Waals surface area contributed by atoms with Gasteiger partial charge >= 0.3 is 0 Å². The minimum atomic E-state index is -0.118. The van der Waals surface area contributed by atoms with Crippen LogP contribution in [-0.4, -0.2) is 21.2 Å². The van der Waals surface area contributed by atoms with E-state index in [0.29, 0.717) is 15.7 Å². The molecule has 1 aromatic carbocycles. The van der Waals surface area contributed by atoms with E-state index in [2.05, 4.69) is 15.4 Å². The van der Waals surface area contributed by atoms with Crippen molar-refractivity contribution in [3.8, 4) is 0 Å². The zero-order valence-corrected chi connectivity index (χ0v) is 9.59. The van der Waals surface area contributed by atoms with Crippen molar-refractivity contribution in [2.75, 3.05) is 0 Å². The van der Waals surface area contributed by atoms with E-state index in [9.17, 15) is 4.79 Å². The van der Waals surface area contributed by atoms with E-state index in [0.717, 1.165) is 5.56 Å². The Morgan fingerprint density at radius 1 is 1.31 bits per heavy atom. The Kier molecular flexibility index (Phi) is 3.22. The molecule has 0 aliphatic heterocycles. The van der Waals surface area contributed by atoms with Gasteiger partial charge in [-0.25, -0.2) is 0 Å². The number of carbonyl (C=O) groups is 1. The summed E-state index contributed by atoms with van der Waals surface area (Å²) in [6.45, 7) is 0. The highest BCUT2D eigenvalue weighted by Crippen LogP contribution is 2.23. The molecule has 2 rings (SSSR count). The van der Waals surface area contributed by atoms with Crippen LogP contribution in [-0.2, 0) is 6.42 Å². The van der Waals surface area contributed by atoms with Crippen LogP contribution in [0.25, 0.3) is 0 Å². The van der Waals surface area contributed by atoms with Crippen molar-refractivity contribution in [1.82, 2.24) is 15.4 Å². The third-order valence-electron chi connectivity index (χ3n) is 2.05. The molecule has 0 unspecified atom stereocenters. The molecule has 1 heterocycles. The molecule has 0 bridgehead atoms. The van der Waals surface area contributed by atoms with E-state index in [1.165, 1.54) is 6.20 Å². The van der Waals surface area contributed by atoms with E-state index in [1.54, 1.807) is 18.2 Å². The number of benzene rings is 1. The van der Waals surface area contributed by atoms with Crippen LogP contribution in [0.2, 0.25) is 10.0 Å². The maximum atomic E-state index is 11.7. The maximum absolute atomic E-state index is 11.7. The average Bonchev–Trinajstić information content (AvgIpc) is 2.77. The van der Waals surface area contributed by atoms with Crippen LogP contribution in [0, 0.1) is 0 Å². The van der Waals surface area contributed by atoms with E-state index in [4.69, 9.17) is 23.2 Å². The predicted molar refractivity (Wildman–Crippen MR) is 60.9 cm³/mol. The fourth-order valence-electron chi connectivity index (χ4n) is 1.26. The number of hydrogen-bond donors (Lipinski definition) is 1. The Morgan fingerprint density at radius 2 is 2.12 bits per heavy atom. The molecule has 4 nitrogen and oxygen atoms in total. The Labute approximate surface area is 102 Å². The number of carbonyl (C=O) groups excluding carboxylic acids is 1. The van der Waals surface area contributed by atoms with Gasteiger partial charge in [0.05, 0.1) is 16.2 Å². The molecule has 0 saturated carbocycles. The first-order valence-electron chi connectivity index (χ1n) is 4.50. The third-order valence-corrected chi connectivity index (χ3v) is 2.79. The second-order valence-corrected chi connectivity index (χ2v) is 4.02. The summed E-state index contributed by atoms with van der Waals surface area (Å²) < 4.78 is 0. The summed E-state index contributed by atoms with van der Waals surface area (Å²) in [5.74, 6) is -0.118. The van der Waals surface area contributed by atoms with Crippen molar-refractivity contribution in [3.05, 3.63) is 45.7 Å². The lowest BCUT2D eigenvalue weighted by Gasteiger charge is -2.00. The SMILES string of the molecule is O=C(Cc1ccc(Cl)c(Cl)c1)c1c[nH]nn1. The molecule has 0 atom stereocenters. The van der Waals surface area contributed by atoms with Crippen LogP contribution in [0.5, 0.6) is 0 Å². The van der Waals surface area contributed by atoms with E-state index in [-0.39, 0.29) is 12.2 Å². The number of H-pyrrole nitrogens is 1. The lowest BCUT2D eigenvalue weighted by atomic mass is 10.1. The highest BCUT2D eigenvalue weighted by atomic mass is 35.5. The van der Waals surface area contributed by atoms with E-state index >= 15 is 0 Å². The smallest absolute Gasteiger partial charge is 0.189 e. The Morgan fingerprint density at radius 3 is 2.75 bits per heavy atom. The summed E-state index contributed by atoms with van der Waals surface area (Å²) in [4.78, 5) is 11.7. The van der Waals surface area contributed by atoms with Gasteiger partial charge in [-0.1, -0.05) is 34.5 Å². The van der Waals surface area contributed by atoms with Crippen LogP contribution in [0.1, 0.15) is 16.1 Å². The van der Waals surface area contributed by atoms with Gasteiger partial charge in [-0.2, -0.15) is 0 Å². The minimum absolute atomic E-state index is 0.118. The van der Waals surface area contributed by atoms with Gasteiger partial charge in [0.15, 0.2) is 5.78 Å². The van der Waals surface area contributed by atoms with Gasteiger partial charge in [0, 0.05) is 6.42 Å². The second kappa shape index (κ2) is 4.63. The summed E-state index contributed by atoms with van der Waals surface area (Å²) in [5.41, 5.74) is 1.11. The Balaban J connectivity index is 2.15. The number of nitrogens with one attached hydrogen (secondary N) is 1. The lowest BCUT2D eigenvalue weighted by Crippen LogP contribution is -2.04. The zero-order valence-electron chi connectivity index (χ0n) is 8.08. The topological polar surface area (TPSA) is 58.6 Å². The third kappa shape index (κ3) is 2.40. The first-order valence-corrected chi connectivity index (χ1v) is 5.26. The molecule has 0 saturated heterocycles. The summed E-state index contributed by atoms with van der Waals surface area (Å²) in [6, 6.07) is 5.09. The quantitative estimate of drug-likeness (QED) is 0.858. The average molecular weight is 256 g/mol. The van der Waals surface area contributed by atoms with Gasteiger partial charge < -0.3 is 0 Å². The van der Waals surface area contributed by atoms with Gasteiger partial charge in [-0.05, 0) is 17.7 Å². The van der Waals surface area contributed by atoms with Crippen molar-refractivity contribution >= 4 is 29.0 Å². The summed E-state index contributed by atoms with van der Waals surface area (Å²) in [7, 11) is 0. The second-order valence-electron chi connectivity index (χ2n) is 3.21. The zero-order chi connectivity index (χ0) is 11.5. The van der Waals surface area contributed by atoms with Crippen molar-refractivity contribution in [2.45, 2.75) is 6.42 Å². The van der Waals surface area contributed by atoms with E-state index < -0.39 is 0 Å². The fraction of sp³-hybridized carbons (Fsp3) is 0.100. The fourth-order valence-corrected chi connectivity index (χ4v) is 1.58. The minimum Gasteiger partial charge on any atom is -0.292 e. The van der Waals surface area contributed by atoms with Crippen molar-refractivity contribution < 1.29 is 4.79 Å². The number of ketones is 1. The predicted octanol–water partition coefficient (Wildman–Crippen LogP) is 2.54. The Bertz CT molecular complexity index is 511. The summed E-state index contributed by atoms with van der Waals surface area (Å²) in [5, 5.41) is 10.5. The molecule has 16 heavy (non-hydrogen) atoms. The molecule has 0 spiro atoms. The van der Waals surface area contributed by atoms with Crippen LogP contribution in [0.15, 0.2) is 24.4 Å². The molecule has 6 heteroatoms. The normalized spacial score (nSPS) is 10.4. The lowest BCUT2D eigenvalue weighted by molar-refractivity contribution is 0.0988. The van der Waals surface area contributed by atoms with Crippen LogP contribution < -0.4 is 0 Å². The van der Waals surface area contributed by atoms with Crippen molar-refractivity contribution in [2.24, 2.45) is 0 Å². The van der Waals surface area contributed by atoms with Gasteiger partial charge in [0.25, 0.3) is 0 Å². The van der Waals surface area contributed by atoms with Gasteiger partial charge in [0.2, 0.25) is 0 Å². The molecular weight excluding hydrogens is 249 g/mol. The number of halogens is 2. The molecule has 2 aromatic rings. The molecule has 1 aromatic heterocycles. The standard InChI is InChI=1S/C10H7Cl2N3O/c11-7-2-1-6(3-8(7)12)4-10(16)9-5-13-15-14-9/h1-3,5H,4H2,(H,13,14,15). The molecule has 0 fully saturated rings. The maximum Gasteiger partial charge on any atom is 0.189 e. The number of nitrogens with zero attached hydrogens (tertiary/aromatic N) is 2. The molecule has 0 aliphatic carbocycles. The van der Waals surface area contributed by atoms with Gasteiger partial charge in [-0.3, -0.25) is 9.89 Å². The highest BCUT2D eigenvalue weighted by molar-refractivity contribution is 6.42. The Hall–Kier alpha value is -1.39. The van der Waals surface area contributed by atoms with Gasteiger partial charge in [0.1, 0.15) is 5.69 Å². The van der Waals surface area contributed by atoms with Crippen molar-refractivity contribution in [1.29, 1.82) is 0 Å². The van der Waals surface area contributed by atoms with Crippen molar-refractivity contribution in [3.63, 3.8) is 0 Å². The molecule has 0 aliphatic rings. The highest BCUT2D eigenvalue weighted by Gasteiger charge is 2.10. The first-order chi connectivity index (χ1) is 7.66. The van der Waals surface area contributed by atoms with E-state index in [1.807, 2.05) is 0 Å². The molecule has 0 radical (unpaired) electrons. The molecular formula is C10H7Cl2N3O. The molecule has 0 amide bonds. The number of rotatable bonds is 3. The number of Topliss-reactive ketones (excluding diaryl/α,β-unsaturated/α-hetero) is 1. The van der Waals surface area contributed by atoms with Crippen LogP contribution in [0.3, 0.4) is 0 Å². The molecule has 1 N–H and O–H groups in total. The summed E-state index contributed by atoms with van der Waals surface area (Å²) >= 11 is 11.6. The molecule has 82 valence electrons.